The number of carbonyl (C=O) groups is 2. The van der Waals surface area contributed by atoms with Gasteiger partial charge >= 0.3 is 6.09 Å². The summed E-state index contributed by atoms with van der Waals surface area (Å²) in [5.41, 5.74) is 1.54. The fourth-order valence-electron chi connectivity index (χ4n) is 3.43. The molecule has 3 rings (SSSR count). The van der Waals surface area contributed by atoms with Gasteiger partial charge in [-0.2, -0.15) is 0 Å². The second-order valence-electron chi connectivity index (χ2n) is 7.71. The van der Waals surface area contributed by atoms with Crippen molar-refractivity contribution in [3.8, 4) is 0 Å². The second-order valence-corrected chi connectivity index (χ2v) is 7.71. The van der Waals surface area contributed by atoms with Crippen LogP contribution in [0.1, 0.15) is 11.1 Å². The lowest BCUT2D eigenvalue weighted by Gasteiger charge is -2.40. The number of aliphatic hydroxyl groups excluding tert-OH is 4. The van der Waals surface area contributed by atoms with Crippen molar-refractivity contribution in [1.29, 1.82) is 0 Å². The molecule has 0 aromatic heterocycles. The van der Waals surface area contributed by atoms with Gasteiger partial charge in [0.2, 0.25) is 5.91 Å². The Kier molecular flexibility index (Phi) is 8.75. The van der Waals surface area contributed by atoms with Crippen LogP contribution >= 0.6 is 0 Å². The third kappa shape index (κ3) is 6.73. The molecule has 6 N–H and O–H groups in total. The Morgan fingerprint density at radius 1 is 0.909 bits per heavy atom. The van der Waals surface area contributed by atoms with Gasteiger partial charge in [-0.25, -0.2) is 4.79 Å². The van der Waals surface area contributed by atoms with E-state index in [4.69, 9.17) is 9.47 Å². The largest absolute Gasteiger partial charge is 0.445 e. The lowest BCUT2D eigenvalue weighted by Crippen LogP contribution is -2.64. The van der Waals surface area contributed by atoms with Gasteiger partial charge in [0.05, 0.1) is 6.61 Å². The van der Waals surface area contributed by atoms with Crippen molar-refractivity contribution < 1.29 is 39.5 Å². The number of amides is 2. The van der Waals surface area contributed by atoms with Gasteiger partial charge in [-0.05, 0) is 11.1 Å². The summed E-state index contributed by atoms with van der Waals surface area (Å²) in [5.74, 6) is -0.708. The van der Waals surface area contributed by atoms with Crippen LogP contribution in [0, 0.1) is 0 Å². The maximum Gasteiger partial charge on any atom is 0.408 e. The highest BCUT2D eigenvalue weighted by molar-refractivity contribution is 5.86. The minimum absolute atomic E-state index is 0.0130. The first-order chi connectivity index (χ1) is 15.9. The van der Waals surface area contributed by atoms with E-state index in [1.165, 1.54) is 0 Å². The van der Waals surface area contributed by atoms with Crippen molar-refractivity contribution in [3.05, 3.63) is 71.8 Å². The van der Waals surface area contributed by atoms with E-state index in [2.05, 4.69) is 10.6 Å². The quantitative estimate of drug-likeness (QED) is 0.306. The van der Waals surface area contributed by atoms with Crippen molar-refractivity contribution in [3.63, 3.8) is 0 Å². The summed E-state index contributed by atoms with van der Waals surface area (Å²) in [7, 11) is 0. The van der Waals surface area contributed by atoms with Crippen LogP contribution in [-0.2, 0) is 27.3 Å². The van der Waals surface area contributed by atoms with Crippen molar-refractivity contribution in [2.45, 2.75) is 49.7 Å². The third-order valence-corrected chi connectivity index (χ3v) is 5.28. The van der Waals surface area contributed by atoms with Gasteiger partial charge in [0.1, 0.15) is 37.1 Å². The summed E-state index contributed by atoms with van der Waals surface area (Å²) in [6.45, 7) is -0.617. The van der Waals surface area contributed by atoms with E-state index in [9.17, 15) is 30.0 Å². The number of ether oxygens (including phenoxy) is 2. The number of hydrogen-bond acceptors (Lipinski definition) is 8. The molecule has 6 atom stereocenters. The Morgan fingerprint density at radius 3 is 2.12 bits per heavy atom. The molecule has 1 heterocycles. The Hall–Kier alpha value is -3.02. The first-order valence-corrected chi connectivity index (χ1v) is 10.5. The highest BCUT2D eigenvalue weighted by Crippen LogP contribution is 2.20. The van der Waals surface area contributed by atoms with Gasteiger partial charge in [-0.3, -0.25) is 4.79 Å². The molecule has 10 nitrogen and oxygen atoms in total. The van der Waals surface area contributed by atoms with E-state index in [0.717, 1.165) is 11.1 Å². The first-order valence-electron chi connectivity index (χ1n) is 10.5. The molecule has 0 unspecified atom stereocenters. The Morgan fingerprint density at radius 2 is 1.52 bits per heavy atom. The maximum atomic E-state index is 13.0. The van der Waals surface area contributed by atoms with Gasteiger partial charge < -0.3 is 40.5 Å². The lowest BCUT2D eigenvalue weighted by atomic mass is 9.98. The summed E-state index contributed by atoms with van der Waals surface area (Å²) in [6.07, 6.45) is -8.12. The minimum atomic E-state index is -1.64. The molecule has 1 aliphatic heterocycles. The molecule has 10 heteroatoms. The first kappa shape index (κ1) is 24.6. The molecule has 2 aromatic carbocycles. The van der Waals surface area contributed by atoms with Crippen LogP contribution in [-0.4, -0.2) is 75.7 Å². The molecular weight excluding hydrogens is 432 g/mol. The molecule has 178 valence electrons. The van der Waals surface area contributed by atoms with Gasteiger partial charge in [-0.15, -0.1) is 0 Å². The smallest absolute Gasteiger partial charge is 0.408 e. The number of carbonyl (C=O) groups excluding carboxylic acids is 2. The molecule has 33 heavy (non-hydrogen) atoms. The SMILES string of the molecule is O=C(N[C@@H](Cc1ccccc1)C(=O)N[C@@H]1O[C@H](CO)[C@@H](O)[C@H](O)[C@H]1O)OCc1ccccc1. The Labute approximate surface area is 190 Å². The Balaban J connectivity index is 1.67. The third-order valence-electron chi connectivity index (χ3n) is 5.28. The molecule has 2 aromatic rings. The van der Waals surface area contributed by atoms with Crippen molar-refractivity contribution in [1.82, 2.24) is 10.6 Å². The van der Waals surface area contributed by atoms with Crippen molar-refractivity contribution >= 4 is 12.0 Å². The Bertz CT molecular complexity index is 896. The molecule has 0 saturated carbocycles. The predicted molar refractivity (Wildman–Crippen MR) is 116 cm³/mol. The molecule has 1 fully saturated rings. The molecule has 1 aliphatic rings. The number of nitrogens with one attached hydrogen (secondary N) is 2. The summed E-state index contributed by atoms with van der Waals surface area (Å²) >= 11 is 0. The summed E-state index contributed by atoms with van der Waals surface area (Å²) in [6, 6.07) is 16.9. The van der Waals surface area contributed by atoms with Crippen molar-refractivity contribution in [2.24, 2.45) is 0 Å². The van der Waals surface area contributed by atoms with E-state index in [1.54, 1.807) is 36.4 Å². The van der Waals surface area contributed by atoms with Gasteiger partial charge in [0.25, 0.3) is 0 Å². The van der Waals surface area contributed by atoms with Gasteiger partial charge in [0, 0.05) is 6.42 Å². The zero-order valence-corrected chi connectivity index (χ0v) is 17.8. The highest BCUT2D eigenvalue weighted by Gasteiger charge is 2.44. The lowest BCUT2D eigenvalue weighted by molar-refractivity contribution is -0.236. The molecular formula is C23H28N2O8. The average molecular weight is 460 g/mol. The molecule has 1 saturated heterocycles. The standard InChI is InChI=1S/C23H28N2O8/c26-12-17-18(27)19(28)20(29)22(33-17)25-21(30)16(11-14-7-3-1-4-8-14)24-23(31)32-13-15-9-5-2-6-10-15/h1-10,16-20,22,26-29H,11-13H2,(H,24,31)(H,25,30)/t16-,17+,18+,19-,20+,22+/m0/s1. The molecule has 0 bridgehead atoms. The topological polar surface area (TPSA) is 158 Å². The van der Waals surface area contributed by atoms with Crippen LogP contribution < -0.4 is 10.6 Å². The minimum Gasteiger partial charge on any atom is -0.445 e. The van der Waals surface area contributed by atoms with Crippen LogP contribution in [0.4, 0.5) is 4.79 Å². The highest BCUT2D eigenvalue weighted by atomic mass is 16.6. The van der Waals surface area contributed by atoms with Crippen molar-refractivity contribution in [2.75, 3.05) is 6.61 Å². The molecule has 2 amide bonds. The van der Waals surface area contributed by atoms with Gasteiger partial charge in [0.15, 0.2) is 6.23 Å². The van der Waals surface area contributed by atoms with Gasteiger partial charge in [-0.1, -0.05) is 60.7 Å². The molecule has 0 radical (unpaired) electrons. The number of rotatable bonds is 8. The summed E-state index contributed by atoms with van der Waals surface area (Å²) in [4.78, 5) is 25.3. The second kappa shape index (κ2) is 11.7. The number of benzene rings is 2. The van der Waals surface area contributed by atoms with Crippen LogP contribution in [0.2, 0.25) is 0 Å². The monoisotopic (exact) mass is 460 g/mol. The van der Waals surface area contributed by atoms with E-state index < -0.39 is 55.3 Å². The summed E-state index contributed by atoms with van der Waals surface area (Å²) in [5, 5.41) is 44.3. The van der Waals surface area contributed by atoms with E-state index in [1.807, 2.05) is 24.3 Å². The van der Waals surface area contributed by atoms with Crippen LogP contribution in [0.3, 0.4) is 0 Å². The zero-order valence-electron chi connectivity index (χ0n) is 17.8. The van der Waals surface area contributed by atoms with E-state index in [0.29, 0.717) is 0 Å². The maximum absolute atomic E-state index is 13.0. The number of hydrogen-bond donors (Lipinski definition) is 6. The average Bonchev–Trinajstić information content (AvgIpc) is 2.84. The fourth-order valence-corrected chi connectivity index (χ4v) is 3.43. The van der Waals surface area contributed by atoms with E-state index >= 15 is 0 Å². The van der Waals surface area contributed by atoms with Crippen LogP contribution in [0.15, 0.2) is 60.7 Å². The van der Waals surface area contributed by atoms with E-state index in [-0.39, 0.29) is 13.0 Å². The molecule has 0 aliphatic carbocycles. The normalized spacial score (nSPS) is 25.6. The molecule has 0 spiro atoms. The number of aliphatic hydroxyl groups is 4. The van der Waals surface area contributed by atoms with Crippen LogP contribution in [0.25, 0.3) is 0 Å². The zero-order chi connectivity index (χ0) is 23.8. The van der Waals surface area contributed by atoms with Crippen LogP contribution in [0.5, 0.6) is 0 Å². The fraction of sp³-hybridized carbons (Fsp3) is 0.391. The summed E-state index contributed by atoms with van der Waals surface area (Å²) < 4.78 is 10.5. The predicted octanol–water partition coefficient (Wildman–Crippen LogP) is -0.560. The number of alkyl carbamates (subject to hydrolysis) is 1.